The molecule has 0 amide bonds. The maximum atomic E-state index is 5.69. The largest absolute Gasteiger partial charge is 0.464 e. The number of ether oxygens (including phenoxy) is 2. The average molecular weight is 366 g/mol. The first-order valence-electron chi connectivity index (χ1n) is 8.24. The number of rotatable bonds is 3. The van der Waals surface area contributed by atoms with Crippen molar-refractivity contribution >= 4 is 22.3 Å². The van der Waals surface area contributed by atoms with Gasteiger partial charge in [-0.1, -0.05) is 11.3 Å². The molecule has 0 aromatic carbocycles. The van der Waals surface area contributed by atoms with Crippen LogP contribution in [0.1, 0.15) is 18.4 Å². The lowest BCUT2D eigenvalue weighted by atomic mass is 10.2. The van der Waals surface area contributed by atoms with Gasteiger partial charge in [0.15, 0.2) is 5.01 Å². The van der Waals surface area contributed by atoms with E-state index in [2.05, 4.69) is 15.2 Å². The number of fused-ring (bicyclic) bond motifs is 1. The molecular weight excluding hydrogens is 352 g/mol. The Morgan fingerprint density at radius 2 is 1.96 bits per heavy atom. The maximum Gasteiger partial charge on any atom is 0.201 e. The van der Waals surface area contributed by atoms with Crippen LogP contribution < -0.4 is 0 Å². The number of hydrogen-bond acceptors (Lipinski definition) is 8. The second-order valence-corrected chi connectivity index (χ2v) is 6.79. The fraction of sp³-hybridized carbons (Fsp3) is 0.222. The summed E-state index contributed by atoms with van der Waals surface area (Å²) in [6, 6.07) is 7.58. The third kappa shape index (κ3) is 2.78. The van der Waals surface area contributed by atoms with Crippen molar-refractivity contribution in [3.63, 3.8) is 0 Å². The van der Waals surface area contributed by atoms with Gasteiger partial charge in [-0.3, -0.25) is 4.98 Å². The first-order chi connectivity index (χ1) is 12.9. The summed E-state index contributed by atoms with van der Waals surface area (Å²) >= 11 is 1.46. The van der Waals surface area contributed by atoms with Crippen LogP contribution in [0.5, 0.6) is 0 Å². The molecule has 130 valence electrons. The molecule has 0 unspecified atom stereocenters. The minimum absolute atomic E-state index is 0.484. The average Bonchev–Trinajstić information content (AvgIpc) is 3.38. The molecule has 0 radical (unpaired) electrons. The SMILES string of the molecule is c1cncc(-c2nnc(-c3nc(C4OCCCO4)cc4occc34)s2)c1. The molecule has 4 aromatic heterocycles. The van der Waals surface area contributed by atoms with Crippen molar-refractivity contribution in [3.8, 4) is 21.3 Å². The van der Waals surface area contributed by atoms with Crippen LogP contribution in [0.15, 0.2) is 47.3 Å². The smallest absolute Gasteiger partial charge is 0.201 e. The molecular formula is C18H14N4O3S. The molecule has 0 aliphatic carbocycles. The number of aromatic nitrogens is 4. The summed E-state index contributed by atoms with van der Waals surface area (Å²) in [5.74, 6) is 0. The summed E-state index contributed by atoms with van der Waals surface area (Å²) in [5.41, 5.74) is 3.05. The van der Waals surface area contributed by atoms with Crippen LogP contribution in [0.4, 0.5) is 0 Å². The summed E-state index contributed by atoms with van der Waals surface area (Å²) in [5, 5.41) is 11.0. The predicted octanol–water partition coefficient (Wildman–Crippen LogP) is 3.84. The molecule has 1 saturated heterocycles. The Balaban J connectivity index is 1.60. The van der Waals surface area contributed by atoms with Crippen LogP contribution in [-0.4, -0.2) is 33.4 Å². The van der Waals surface area contributed by atoms with E-state index < -0.39 is 6.29 Å². The molecule has 26 heavy (non-hydrogen) atoms. The van der Waals surface area contributed by atoms with Gasteiger partial charge in [0.1, 0.15) is 22.0 Å². The van der Waals surface area contributed by atoms with Crippen molar-refractivity contribution in [2.75, 3.05) is 13.2 Å². The van der Waals surface area contributed by atoms with E-state index in [0.29, 0.717) is 23.9 Å². The van der Waals surface area contributed by atoms with E-state index in [0.717, 1.165) is 33.7 Å². The van der Waals surface area contributed by atoms with Crippen LogP contribution in [0.25, 0.3) is 32.2 Å². The van der Waals surface area contributed by atoms with Crippen molar-refractivity contribution in [2.45, 2.75) is 12.7 Å². The first kappa shape index (κ1) is 15.6. The lowest BCUT2D eigenvalue weighted by molar-refractivity contribution is -0.184. The topological polar surface area (TPSA) is 83.2 Å². The Bertz CT molecular complexity index is 1040. The second kappa shape index (κ2) is 6.56. The Kier molecular flexibility index (Phi) is 3.93. The fourth-order valence-electron chi connectivity index (χ4n) is 2.85. The summed E-state index contributed by atoms with van der Waals surface area (Å²) in [6.07, 6.45) is 5.55. The molecule has 7 nitrogen and oxygen atoms in total. The lowest BCUT2D eigenvalue weighted by Crippen LogP contribution is -2.18. The zero-order chi connectivity index (χ0) is 17.3. The highest BCUT2D eigenvalue weighted by atomic mass is 32.1. The standard InChI is InChI=1S/C18H14N4O3S/c1-3-11(10-19-5-1)16-21-22-17(26-16)15-12-4-8-23-14(12)9-13(20-15)18-24-6-2-7-25-18/h1,3-5,8-10,18H,2,6-7H2. The van der Waals surface area contributed by atoms with Gasteiger partial charge in [0.2, 0.25) is 6.29 Å². The summed E-state index contributed by atoms with van der Waals surface area (Å²) < 4.78 is 17.0. The number of pyridine rings is 2. The number of furan rings is 1. The van der Waals surface area contributed by atoms with Gasteiger partial charge in [0, 0.05) is 29.4 Å². The van der Waals surface area contributed by atoms with Crippen molar-refractivity contribution in [1.29, 1.82) is 0 Å². The summed E-state index contributed by atoms with van der Waals surface area (Å²) in [6.45, 7) is 1.31. The number of nitrogens with zero attached hydrogens (tertiary/aromatic N) is 4. The minimum atomic E-state index is -0.484. The molecule has 5 rings (SSSR count). The van der Waals surface area contributed by atoms with Crippen molar-refractivity contribution in [2.24, 2.45) is 0 Å². The summed E-state index contributed by atoms with van der Waals surface area (Å²) in [4.78, 5) is 8.89. The van der Waals surface area contributed by atoms with Crippen LogP contribution in [0.3, 0.4) is 0 Å². The molecule has 0 saturated carbocycles. The molecule has 1 fully saturated rings. The zero-order valence-corrected chi connectivity index (χ0v) is 14.5. The van der Waals surface area contributed by atoms with E-state index in [1.165, 1.54) is 11.3 Å². The Morgan fingerprint density at radius 1 is 1.08 bits per heavy atom. The van der Waals surface area contributed by atoms with Gasteiger partial charge in [-0.25, -0.2) is 4.98 Å². The normalized spacial score (nSPS) is 15.5. The quantitative estimate of drug-likeness (QED) is 0.544. The molecule has 8 heteroatoms. The minimum Gasteiger partial charge on any atom is -0.464 e. The molecule has 0 bridgehead atoms. The van der Waals surface area contributed by atoms with Gasteiger partial charge in [-0.15, -0.1) is 10.2 Å². The fourth-order valence-corrected chi connectivity index (χ4v) is 3.69. The van der Waals surface area contributed by atoms with Gasteiger partial charge < -0.3 is 13.9 Å². The van der Waals surface area contributed by atoms with E-state index in [4.69, 9.17) is 18.9 Å². The van der Waals surface area contributed by atoms with E-state index in [9.17, 15) is 0 Å². The Morgan fingerprint density at radius 3 is 2.81 bits per heavy atom. The van der Waals surface area contributed by atoms with Crippen LogP contribution in [0, 0.1) is 0 Å². The molecule has 1 aliphatic rings. The lowest BCUT2D eigenvalue weighted by Gasteiger charge is -2.22. The van der Waals surface area contributed by atoms with E-state index in [1.807, 2.05) is 24.3 Å². The van der Waals surface area contributed by atoms with Crippen molar-refractivity contribution in [1.82, 2.24) is 20.2 Å². The van der Waals surface area contributed by atoms with Gasteiger partial charge in [0.05, 0.1) is 19.5 Å². The molecule has 4 aromatic rings. The Labute approximate surface area is 152 Å². The van der Waals surface area contributed by atoms with E-state index >= 15 is 0 Å². The first-order valence-corrected chi connectivity index (χ1v) is 9.06. The summed E-state index contributed by atoms with van der Waals surface area (Å²) in [7, 11) is 0. The molecule has 0 atom stereocenters. The van der Waals surface area contributed by atoms with Gasteiger partial charge in [-0.2, -0.15) is 0 Å². The van der Waals surface area contributed by atoms with Gasteiger partial charge >= 0.3 is 0 Å². The highest BCUT2D eigenvalue weighted by molar-refractivity contribution is 7.18. The van der Waals surface area contributed by atoms with Crippen molar-refractivity contribution < 1.29 is 13.9 Å². The van der Waals surface area contributed by atoms with Gasteiger partial charge in [0.25, 0.3) is 0 Å². The number of hydrogen-bond donors (Lipinski definition) is 0. The van der Waals surface area contributed by atoms with Crippen LogP contribution >= 0.6 is 11.3 Å². The molecule has 0 spiro atoms. The zero-order valence-electron chi connectivity index (χ0n) is 13.7. The van der Waals surface area contributed by atoms with Gasteiger partial charge in [-0.05, 0) is 24.6 Å². The third-order valence-electron chi connectivity index (χ3n) is 4.07. The Hall–Kier alpha value is -2.68. The monoisotopic (exact) mass is 366 g/mol. The third-order valence-corrected chi connectivity index (χ3v) is 5.05. The molecule has 0 N–H and O–H groups in total. The van der Waals surface area contributed by atoms with E-state index in [-0.39, 0.29) is 0 Å². The maximum absolute atomic E-state index is 5.69. The molecule has 1 aliphatic heterocycles. The second-order valence-electron chi connectivity index (χ2n) is 5.81. The van der Waals surface area contributed by atoms with Crippen LogP contribution in [0.2, 0.25) is 0 Å². The highest BCUT2D eigenvalue weighted by Crippen LogP contribution is 2.35. The molecule has 5 heterocycles. The van der Waals surface area contributed by atoms with Crippen molar-refractivity contribution in [3.05, 3.63) is 48.6 Å². The predicted molar refractivity (Wildman–Crippen MR) is 95.4 cm³/mol. The van der Waals surface area contributed by atoms with Crippen LogP contribution in [-0.2, 0) is 9.47 Å². The van der Waals surface area contributed by atoms with E-state index in [1.54, 1.807) is 18.7 Å². The highest BCUT2D eigenvalue weighted by Gasteiger charge is 2.22.